The summed E-state index contributed by atoms with van der Waals surface area (Å²) in [6.45, 7) is 0.520. The van der Waals surface area contributed by atoms with Crippen molar-refractivity contribution in [1.82, 2.24) is 0 Å². The van der Waals surface area contributed by atoms with Crippen molar-refractivity contribution >= 4 is 22.7 Å². The van der Waals surface area contributed by atoms with E-state index in [4.69, 9.17) is 34.2 Å². The Balaban J connectivity index is 1.18. The first-order valence-electron chi connectivity index (χ1n) is 16.2. The van der Waals surface area contributed by atoms with Gasteiger partial charge in [0, 0.05) is 7.11 Å². The lowest BCUT2D eigenvalue weighted by atomic mass is 9.96. The molecular formula is C40H39NO8. The number of rotatable bonds is 13. The number of esters is 2. The topological polar surface area (TPSA) is 116 Å². The molecule has 1 aliphatic heterocycles. The van der Waals surface area contributed by atoms with E-state index in [9.17, 15) is 9.59 Å². The van der Waals surface area contributed by atoms with Crippen LogP contribution >= 0.6 is 0 Å². The van der Waals surface area contributed by atoms with Crippen molar-refractivity contribution in [3.63, 3.8) is 0 Å². The number of para-hydroxylation sites is 1. The molecule has 0 saturated carbocycles. The van der Waals surface area contributed by atoms with Crippen LogP contribution in [0.3, 0.4) is 0 Å². The number of nitrogens with two attached hydrogens (primary N) is 1. The van der Waals surface area contributed by atoms with Gasteiger partial charge in [-0.1, -0.05) is 91.0 Å². The van der Waals surface area contributed by atoms with Crippen LogP contribution in [0.25, 0.3) is 10.8 Å². The van der Waals surface area contributed by atoms with E-state index >= 15 is 0 Å². The molecule has 9 nitrogen and oxygen atoms in total. The Bertz CT molecular complexity index is 1830. The zero-order valence-corrected chi connectivity index (χ0v) is 27.2. The van der Waals surface area contributed by atoms with E-state index in [1.165, 1.54) is 0 Å². The second-order valence-electron chi connectivity index (χ2n) is 11.8. The van der Waals surface area contributed by atoms with Gasteiger partial charge in [-0.2, -0.15) is 0 Å². The predicted molar refractivity (Wildman–Crippen MR) is 184 cm³/mol. The maximum Gasteiger partial charge on any atom is 0.343 e. The Labute approximate surface area is 285 Å². The number of hydrogen-bond donors (Lipinski definition) is 1. The minimum Gasteiger partial charge on any atom is -0.453 e. The minimum absolute atomic E-state index is 0.105. The Morgan fingerprint density at radius 1 is 0.714 bits per heavy atom. The first kappa shape index (κ1) is 34.0. The molecule has 2 N–H and O–H groups in total. The zero-order chi connectivity index (χ0) is 34.0. The third kappa shape index (κ3) is 8.58. The molecular weight excluding hydrogens is 622 g/mol. The summed E-state index contributed by atoms with van der Waals surface area (Å²) < 4.78 is 36.3. The van der Waals surface area contributed by atoms with Crippen molar-refractivity contribution in [3.05, 3.63) is 150 Å². The summed E-state index contributed by atoms with van der Waals surface area (Å²) in [5.74, 6) is -0.533. The Kier molecular flexibility index (Phi) is 11.4. The summed E-state index contributed by atoms with van der Waals surface area (Å²) in [5, 5.41) is 2.20. The molecule has 0 aromatic heterocycles. The van der Waals surface area contributed by atoms with Gasteiger partial charge in [0.2, 0.25) is 0 Å². The molecule has 49 heavy (non-hydrogen) atoms. The van der Waals surface area contributed by atoms with Gasteiger partial charge in [0.15, 0.2) is 12.4 Å². The third-order valence-corrected chi connectivity index (χ3v) is 8.37. The second kappa shape index (κ2) is 16.5. The first-order valence-corrected chi connectivity index (χ1v) is 16.2. The monoisotopic (exact) mass is 661 g/mol. The number of methoxy groups -OCH3 is 1. The van der Waals surface area contributed by atoms with Crippen LogP contribution in [-0.4, -0.2) is 62.9 Å². The highest BCUT2D eigenvalue weighted by molar-refractivity contribution is 5.91. The molecule has 0 aliphatic carbocycles. The van der Waals surface area contributed by atoms with Gasteiger partial charge in [-0.3, -0.25) is 0 Å². The van der Waals surface area contributed by atoms with Gasteiger partial charge in [-0.15, -0.1) is 0 Å². The standard InChI is InChI=1S/C40H39NO8/c1-44-26-34-36(49-39(43)31-16-6-3-7-17-31)37(46-25-27-20-21-28-12-8-9-18-32(28)24-27)35(41)40(48-34)45-23-22-29-13-10-11-19-33(29)47-38(42)30-14-4-2-5-15-30/h2-21,24,34-37,40H,22-23,25-26,41H2,1H3/t34-,35-,36-,37-,40+/m1/s1. The Hall–Kier alpha value is -4.90. The van der Waals surface area contributed by atoms with Gasteiger partial charge in [0.1, 0.15) is 18.0 Å². The van der Waals surface area contributed by atoms with Gasteiger partial charge in [0.25, 0.3) is 0 Å². The molecule has 5 aromatic carbocycles. The van der Waals surface area contributed by atoms with Crippen LogP contribution in [0.2, 0.25) is 0 Å². The van der Waals surface area contributed by atoms with Crippen molar-refractivity contribution in [2.24, 2.45) is 5.73 Å². The van der Waals surface area contributed by atoms with Crippen LogP contribution in [-0.2, 0) is 36.7 Å². The molecule has 1 fully saturated rings. The van der Waals surface area contributed by atoms with Crippen molar-refractivity contribution in [3.8, 4) is 5.75 Å². The number of benzene rings is 5. The number of ether oxygens (including phenoxy) is 6. The molecule has 1 saturated heterocycles. The third-order valence-electron chi connectivity index (χ3n) is 8.37. The summed E-state index contributed by atoms with van der Waals surface area (Å²) in [6.07, 6.45) is -2.91. The van der Waals surface area contributed by atoms with Gasteiger partial charge in [-0.05, 0) is 64.7 Å². The van der Waals surface area contributed by atoms with E-state index in [-0.39, 0.29) is 19.8 Å². The van der Waals surface area contributed by atoms with Crippen LogP contribution in [0.4, 0.5) is 0 Å². The Morgan fingerprint density at radius 3 is 2.10 bits per heavy atom. The quantitative estimate of drug-likeness (QED) is 0.118. The zero-order valence-electron chi connectivity index (χ0n) is 27.2. The minimum atomic E-state index is -0.910. The van der Waals surface area contributed by atoms with Gasteiger partial charge >= 0.3 is 11.9 Å². The van der Waals surface area contributed by atoms with Crippen LogP contribution in [0.5, 0.6) is 5.75 Å². The predicted octanol–water partition coefficient (Wildman–Crippen LogP) is 6.13. The first-order chi connectivity index (χ1) is 24.0. The number of hydrogen-bond acceptors (Lipinski definition) is 9. The SMILES string of the molecule is COC[C@H]1O[C@H](OCCc2ccccc2OC(=O)c2ccccc2)[C@H](N)[C@@H](OCc2ccc3ccccc3c2)[C@@H]1OC(=O)c1ccccc1. The molecule has 5 aromatic rings. The van der Waals surface area contributed by atoms with E-state index < -0.39 is 42.6 Å². The molecule has 5 atom stereocenters. The normalized spacial score (nSPS) is 20.5. The van der Waals surface area contributed by atoms with E-state index in [0.29, 0.717) is 23.3 Å². The molecule has 6 rings (SSSR count). The summed E-state index contributed by atoms with van der Waals surface area (Å²) >= 11 is 0. The summed E-state index contributed by atoms with van der Waals surface area (Å²) in [5.41, 5.74) is 9.37. The van der Waals surface area contributed by atoms with E-state index in [0.717, 1.165) is 21.9 Å². The lowest BCUT2D eigenvalue weighted by Crippen LogP contribution is -2.64. The summed E-state index contributed by atoms with van der Waals surface area (Å²) in [4.78, 5) is 26.0. The van der Waals surface area contributed by atoms with E-state index in [1.807, 2.05) is 60.7 Å². The lowest BCUT2D eigenvalue weighted by Gasteiger charge is -2.44. The molecule has 252 valence electrons. The van der Waals surface area contributed by atoms with Crippen LogP contribution in [0.1, 0.15) is 31.8 Å². The average Bonchev–Trinajstić information content (AvgIpc) is 3.14. The van der Waals surface area contributed by atoms with Gasteiger partial charge < -0.3 is 34.2 Å². The number of carbonyl (C=O) groups excluding carboxylic acids is 2. The molecule has 0 amide bonds. The van der Waals surface area contributed by atoms with E-state index in [2.05, 4.69) is 12.1 Å². The molecule has 0 spiro atoms. The van der Waals surface area contributed by atoms with Gasteiger partial charge in [-0.25, -0.2) is 9.59 Å². The fourth-order valence-corrected chi connectivity index (χ4v) is 5.84. The highest BCUT2D eigenvalue weighted by Gasteiger charge is 2.48. The largest absolute Gasteiger partial charge is 0.453 e. The molecule has 0 unspecified atom stereocenters. The van der Waals surface area contributed by atoms with E-state index in [1.54, 1.807) is 61.7 Å². The maximum atomic E-state index is 13.3. The number of fused-ring (bicyclic) bond motifs is 1. The fourth-order valence-electron chi connectivity index (χ4n) is 5.84. The Morgan fingerprint density at radius 2 is 1.37 bits per heavy atom. The number of carbonyl (C=O) groups is 2. The highest BCUT2D eigenvalue weighted by Crippen LogP contribution is 2.29. The van der Waals surface area contributed by atoms with Crippen molar-refractivity contribution < 1.29 is 38.0 Å². The van der Waals surface area contributed by atoms with Crippen molar-refractivity contribution in [2.45, 2.75) is 43.7 Å². The molecule has 1 heterocycles. The van der Waals surface area contributed by atoms with Crippen LogP contribution in [0.15, 0.2) is 127 Å². The van der Waals surface area contributed by atoms with Crippen LogP contribution in [0, 0.1) is 0 Å². The summed E-state index contributed by atoms with van der Waals surface area (Å²) in [6, 6.07) is 38.2. The van der Waals surface area contributed by atoms with Crippen molar-refractivity contribution in [2.75, 3.05) is 20.3 Å². The molecule has 0 radical (unpaired) electrons. The van der Waals surface area contributed by atoms with Crippen molar-refractivity contribution in [1.29, 1.82) is 0 Å². The van der Waals surface area contributed by atoms with Gasteiger partial charge in [0.05, 0.1) is 37.0 Å². The lowest BCUT2D eigenvalue weighted by molar-refractivity contribution is -0.274. The average molecular weight is 662 g/mol. The molecule has 9 heteroatoms. The molecule has 1 aliphatic rings. The molecule has 0 bridgehead atoms. The second-order valence-corrected chi connectivity index (χ2v) is 11.8. The smallest absolute Gasteiger partial charge is 0.343 e. The maximum absolute atomic E-state index is 13.3. The highest BCUT2D eigenvalue weighted by atomic mass is 16.7. The summed E-state index contributed by atoms with van der Waals surface area (Å²) in [7, 11) is 1.54. The van der Waals surface area contributed by atoms with Crippen LogP contribution < -0.4 is 10.5 Å². The fraction of sp³-hybridized carbons (Fsp3) is 0.250.